The Bertz CT molecular complexity index is 1080. The van der Waals surface area contributed by atoms with Crippen molar-refractivity contribution in [2.75, 3.05) is 38.9 Å². The van der Waals surface area contributed by atoms with E-state index in [4.69, 9.17) is 9.47 Å². The fourth-order valence-corrected chi connectivity index (χ4v) is 3.64. The van der Waals surface area contributed by atoms with Crippen LogP contribution < -0.4 is 24.8 Å². The zero-order chi connectivity index (χ0) is 23.2. The van der Waals surface area contributed by atoms with Gasteiger partial charge < -0.3 is 19.7 Å². The number of ether oxygens (including phenoxy) is 2. The first-order valence-corrected chi connectivity index (χ1v) is 9.97. The largest absolute Gasteiger partial charge is 0.481 e. The van der Waals surface area contributed by atoms with Crippen LogP contribution in [0.4, 0.5) is 16.4 Å². The van der Waals surface area contributed by atoms with E-state index < -0.39 is 26.9 Å². The number of aromatic nitrogens is 2. The summed E-state index contributed by atoms with van der Waals surface area (Å²) >= 11 is 0. The summed E-state index contributed by atoms with van der Waals surface area (Å²) in [6, 6.07) is 4.03. The molecule has 0 aliphatic rings. The predicted octanol–water partition coefficient (Wildman–Crippen LogP) is 0.274. The first-order chi connectivity index (χ1) is 14.6. The second kappa shape index (κ2) is 9.71. The molecule has 0 spiro atoms. The summed E-state index contributed by atoms with van der Waals surface area (Å²) in [5.41, 5.74) is -0.446. The van der Waals surface area contributed by atoms with Gasteiger partial charge in [0.2, 0.25) is 24.1 Å². The number of benzene rings is 1. The van der Waals surface area contributed by atoms with Gasteiger partial charge >= 0.3 is 6.03 Å². The van der Waals surface area contributed by atoms with Gasteiger partial charge in [0.05, 0.1) is 31.5 Å². The van der Waals surface area contributed by atoms with Crippen molar-refractivity contribution in [1.82, 2.24) is 19.6 Å². The third-order valence-electron chi connectivity index (χ3n) is 3.68. The third kappa shape index (κ3) is 5.57. The lowest BCUT2D eigenvalue weighted by Gasteiger charge is -2.17. The summed E-state index contributed by atoms with van der Waals surface area (Å²) < 4.78 is 37.5. The van der Waals surface area contributed by atoms with Crippen molar-refractivity contribution in [2.24, 2.45) is 0 Å². The molecule has 0 atom stereocenters. The Kier molecular flexibility index (Phi) is 7.31. The molecule has 14 heteroatoms. The quantitative estimate of drug-likeness (QED) is 0.476. The Balaban J connectivity index is 2.41. The van der Waals surface area contributed by atoms with Crippen molar-refractivity contribution in [3.63, 3.8) is 0 Å². The number of nitrogens with one attached hydrogen (secondary N) is 3. The molecule has 0 saturated carbocycles. The minimum Gasteiger partial charge on any atom is -0.481 e. The fourth-order valence-electron chi connectivity index (χ4n) is 2.38. The smallest absolute Gasteiger partial charge is 0.335 e. The number of hydrogen-bond acceptors (Lipinski definition) is 9. The Morgan fingerprint density at radius 1 is 1.10 bits per heavy atom. The number of carbonyl (C=O) groups excluding carboxylic acids is 3. The maximum Gasteiger partial charge on any atom is 0.335 e. The number of amides is 4. The van der Waals surface area contributed by atoms with E-state index in [2.05, 4.69) is 20.6 Å². The van der Waals surface area contributed by atoms with Crippen LogP contribution in [-0.4, -0.2) is 69.9 Å². The summed E-state index contributed by atoms with van der Waals surface area (Å²) in [6.45, 7) is 0. The summed E-state index contributed by atoms with van der Waals surface area (Å²) in [6.07, 6.45) is 0.245. The first kappa shape index (κ1) is 23.3. The van der Waals surface area contributed by atoms with Crippen LogP contribution in [0, 0.1) is 0 Å². The lowest BCUT2D eigenvalue weighted by atomic mass is 10.2. The summed E-state index contributed by atoms with van der Waals surface area (Å²) in [4.78, 5) is 44.0. The molecule has 13 nitrogen and oxygen atoms in total. The van der Waals surface area contributed by atoms with Gasteiger partial charge in [-0.3, -0.25) is 14.9 Å². The number of nitrogens with zero attached hydrogens (tertiary/aromatic N) is 3. The molecule has 0 bridgehead atoms. The number of methoxy groups -OCH3 is 2. The van der Waals surface area contributed by atoms with E-state index in [1.165, 1.54) is 52.6 Å². The monoisotopic (exact) mass is 452 g/mol. The second-order valence-corrected chi connectivity index (χ2v) is 7.60. The molecule has 2 rings (SSSR count). The molecule has 0 fully saturated rings. The molecule has 31 heavy (non-hydrogen) atoms. The Morgan fingerprint density at radius 3 is 2.23 bits per heavy atom. The molecule has 0 aliphatic carbocycles. The number of sulfonamides is 1. The highest BCUT2D eigenvalue weighted by molar-refractivity contribution is 7.90. The van der Waals surface area contributed by atoms with Gasteiger partial charge in [0.1, 0.15) is 4.90 Å². The average Bonchev–Trinajstić information content (AvgIpc) is 2.72. The normalized spacial score (nSPS) is 10.6. The lowest BCUT2D eigenvalue weighted by Crippen LogP contribution is -2.36. The van der Waals surface area contributed by atoms with Crippen LogP contribution >= 0.6 is 0 Å². The van der Waals surface area contributed by atoms with E-state index in [1.54, 1.807) is 4.72 Å². The van der Waals surface area contributed by atoms with E-state index in [-0.39, 0.29) is 35.4 Å². The molecule has 1 heterocycles. The average molecular weight is 452 g/mol. The van der Waals surface area contributed by atoms with E-state index >= 15 is 0 Å². The van der Waals surface area contributed by atoms with Crippen LogP contribution in [0.2, 0.25) is 0 Å². The van der Waals surface area contributed by atoms with Gasteiger partial charge in [-0.2, -0.15) is 9.97 Å². The second-order valence-electron chi connectivity index (χ2n) is 5.98. The Hall–Kier alpha value is -3.94. The molecule has 0 unspecified atom stereocenters. The highest BCUT2D eigenvalue weighted by atomic mass is 32.2. The van der Waals surface area contributed by atoms with Gasteiger partial charge in [-0.05, 0) is 12.1 Å². The molecule has 4 amide bonds. The van der Waals surface area contributed by atoms with Crippen molar-refractivity contribution >= 4 is 40.0 Å². The SMILES string of the molecule is COc1cc(OC)nc(NC(=O)NS(=O)(=O)c2c(NC=O)cccc2C(=O)N(C)C)n1. The maximum atomic E-state index is 12.9. The molecule has 0 saturated heterocycles. The maximum absolute atomic E-state index is 12.9. The molecule has 0 radical (unpaired) electrons. The van der Waals surface area contributed by atoms with Gasteiger partial charge in [0, 0.05) is 14.1 Å². The molecule has 166 valence electrons. The van der Waals surface area contributed by atoms with Crippen LogP contribution in [0.25, 0.3) is 0 Å². The van der Waals surface area contributed by atoms with Crippen LogP contribution in [0.1, 0.15) is 10.4 Å². The van der Waals surface area contributed by atoms with Gasteiger partial charge in [-0.25, -0.2) is 17.9 Å². The van der Waals surface area contributed by atoms with E-state index in [0.29, 0.717) is 0 Å². The standard InChI is InChI=1S/C17H20N6O7S/c1-23(2)15(25)10-6-5-7-11(18-9-24)14(10)31(27,28)22-17(26)21-16-19-12(29-3)8-13(20-16)30-4/h5-9H,1-4H3,(H,18,24)(H2,19,20,21,22,26). The van der Waals surface area contributed by atoms with Gasteiger partial charge in [0.15, 0.2) is 0 Å². The highest BCUT2D eigenvalue weighted by Gasteiger charge is 2.29. The molecule has 1 aromatic carbocycles. The minimum absolute atomic E-state index is 0.0596. The lowest BCUT2D eigenvalue weighted by molar-refractivity contribution is -0.105. The molecular formula is C17H20N6O7S. The van der Waals surface area contributed by atoms with Crippen LogP contribution in [-0.2, 0) is 14.8 Å². The molecule has 1 aromatic heterocycles. The van der Waals surface area contributed by atoms with Crippen molar-refractivity contribution in [1.29, 1.82) is 0 Å². The van der Waals surface area contributed by atoms with Crippen LogP contribution in [0.15, 0.2) is 29.2 Å². The summed E-state index contributed by atoms with van der Waals surface area (Å²) in [5, 5.41) is 4.35. The Labute approximate surface area is 177 Å². The third-order valence-corrected chi connectivity index (χ3v) is 5.12. The predicted molar refractivity (Wildman–Crippen MR) is 109 cm³/mol. The number of anilines is 2. The number of carbonyl (C=O) groups is 3. The van der Waals surface area contributed by atoms with Crippen molar-refractivity contribution < 1.29 is 32.3 Å². The number of hydrogen-bond donors (Lipinski definition) is 3. The topological polar surface area (TPSA) is 169 Å². The van der Waals surface area contributed by atoms with E-state index in [0.717, 1.165) is 4.90 Å². The first-order valence-electron chi connectivity index (χ1n) is 8.48. The summed E-state index contributed by atoms with van der Waals surface area (Å²) in [7, 11) is 0.883. The van der Waals surface area contributed by atoms with Gasteiger partial charge in [-0.15, -0.1) is 0 Å². The van der Waals surface area contributed by atoms with Crippen LogP contribution in [0.5, 0.6) is 11.8 Å². The minimum atomic E-state index is -4.62. The molecular weight excluding hydrogens is 432 g/mol. The Morgan fingerprint density at radius 2 is 1.71 bits per heavy atom. The molecule has 3 N–H and O–H groups in total. The van der Waals surface area contributed by atoms with Gasteiger partial charge in [-0.1, -0.05) is 6.07 Å². The number of urea groups is 1. The zero-order valence-electron chi connectivity index (χ0n) is 17.0. The van der Waals surface area contributed by atoms with E-state index in [9.17, 15) is 22.8 Å². The highest BCUT2D eigenvalue weighted by Crippen LogP contribution is 2.26. The van der Waals surface area contributed by atoms with Crippen molar-refractivity contribution in [2.45, 2.75) is 4.90 Å². The fraction of sp³-hybridized carbons (Fsp3) is 0.235. The van der Waals surface area contributed by atoms with Gasteiger partial charge in [0.25, 0.3) is 15.9 Å². The van der Waals surface area contributed by atoms with Crippen molar-refractivity contribution in [3.05, 3.63) is 29.8 Å². The van der Waals surface area contributed by atoms with Crippen LogP contribution in [0.3, 0.4) is 0 Å². The molecule has 0 aliphatic heterocycles. The molecule has 2 aromatic rings. The zero-order valence-corrected chi connectivity index (χ0v) is 17.8. The number of rotatable bonds is 8. The van der Waals surface area contributed by atoms with E-state index in [1.807, 2.05) is 0 Å². The van der Waals surface area contributed by atoms with Crippen molar-refractivity contribution in [3.8, 4) is 11.8 Å². The summed E-state index contributed by atoms with van der Waals surface area (Å²) in [5.74, 6) is -0.835.